The van der Waals surface area contributed by atoms with Gasteiger partial charge in [-0.25, -0.2) is 13.5 Å². The fraction of sp³-hybridized carbons (Fsp3) is 0.471. The van der Waals surface area contributed by atoms with Crippen molar-refractivity contribution < 1.29 is 30.7 Å². The van der Waals surface area contributed by atoms with Gasteiger partial charge in [0.15, 0.2) is 0 Å². The second-order valence-electron chi connectivity index (χ2n) is 5.33. The van der Waals surface area contributed by atoms with Crippen molar-refractivity contribution in [1.82, 2.24) is 4.57 Å². The number of benzene rings is 1. The lowest BCUT2D eigenvalue weighted by Gasteiger charge is -2.07. The Hall–Kier alpha value is -1.36. The Bertz CT molecular complexity index is 598. The predicted molar refractivity (Wildman–Crippen MR) is 80.9 cm³/mol. The number of halogens is 2. The average Bonchev–Trinajstić information content (AvgIpc) is 2.81. The summed E-state index contributed by atoms with van der Waals surface area (Å²) in [5, 5.41) is 0. The second kappa shape index (κ2) is 8.93. The van der Waals surface area contributed by atoms with E-state index in [9.17, 15) is 4.39 Å². The number of methoxy groups -OCH3 is 1. The fourth-order valence-corrected chi connectivity index (χ4v) is 2.53. The van der Waals surface area contributed by atoms with E-state index in [0.717, 1.165) is 17.9 Å². The lowest BCUT2D eigenvalue weighted by atomic mass is 10.2. The summed E-state index contributed by atoms with van der Waals surface area (Å²) in [5.74, 6) is 1.67. The number of nitrogens with zero attached hydrogens (tertiary/aromatic N) is 2. The molecule has 0 atom stereocenters. The molecule has 0 bridgehead atoms. The first-order valence-electron chi connectivity index (χ1n) is 7.53. The van der Waals surface area contributed by atoms with Gasteiger partial charge in [0, 0.05) is 12.5 Å². The molecule has 2 aromatic rings. The van der Waals surface area contributed by atoms with Gasteiger partial charge in [-0.3, -0.25) is 0 Å². The van der Waals surface area contributed by atoms with Gasteiger partial charge in [0.2, 0.25) is 0 Å². The highest BCUT2D eigenvalue weighted by molar-refractivity contribution is 5.33. The van der Waals surface area contributed by atoms with Crippen LogP contribution in [0.25, 0.3) is 0 Å². The zero-order valence-electron chi connectivity index (χ0n) is 13.5. The normalized spacial score (nSPS) is 10.4. The molecule has 0 saturated carbocycles. The molecule has 0 spiro atoms. The molecule has 5 heteroatoms. The Labute approximate surface area is 142 Å². The van der Waals surface area contributed by atoms with E-state index in [1.54, 1.807) is 19.2 Å². The van der Waals surface area contributed by atoms with E-state index in [1.807, 2.05) is 6.20 Å². The number of hydrogen-bond donors (Lipinski definition) is 0. The highest BCUT2D eigenvalue weighted by Gasteiger charge is 2.14. The number of hydrogen-bond acceptors (Lipinski definition) is 1. The van der Waals surface area contributed by atoms with Gasteiger partial charge >= 0.3 is 0 Å². The van der Waals surface area contributed by atoms with E-state index < -0.39 is 0 Å². The first-order valence-corrected chi connectivity index (χ1v) is 7.53. The van der Waals surface area contributed by atoms with E-state index in [1.165, 1.54) is 31.2 Å². The van der Waals surface area contributed by atoms with Crippen LogP contribution in [0.1, 0.15) is 37.6 Å². The molecule has 1 heterocycles. The SMILES string of the molecule is CCCCCn1cc[n+](Cc2cc(F)ccc2OC)c1C.[Br-]. The van der Waals surface area contributed by atoms with Gasteiger partial charge in [-0.05, 0) is 31.0 Å². The summed E-state index contributed by atoms with van der Waals surface area (Å²) >= 11 is 0. The van der Waals surface area contributed by atoms with Crippen LogP contribution in [0.15, 0.2) is 30.6 Å². The van der Waals surface area contributed by atoms with Crippen LogP contribution in [0.4, 0.5) is 4.39 Å². The van der Waals surface area contributed by atoms with E-state index in [0.29, 0.717) is 6.54 Å². The van der Waals surface area contributed by atoms with E-state index in [-0.39, 0.29) is 22.8 Å². The first kappa shape index (κ1) is 18.7. The Morgan fingerprint density at radius 1 is 1.27 bits per heavy atom. The second-order valence-corrected chi connectivity index (χ2v) is 5.33. The summed E-state index contributed by atoms with van der Waals surface area (Å²) in [7, 11) is 1.62. The number of aryl methyl sites for hydroxylation is 1. The molecule has 0 amide bonds. The smallest absolute Gasteiger partial charge is 0.253 e. The maximum atomic E-state index is 13.4. The molecular formula is C17H24BrFN2O. The standard InChI is InChI=1S/C17H24FN2O.BrH/c1-4-5-6-9-19-10-11-20(14(19)2)13-15-12-16(18)7-8-17(15)21-3;/h7-8,10-12H,4-6,9,13H2,1-3H3;1H/q+1;/p-1. The van der Waals surface area contributed by atoms with Gasteiger partial charge in [0.05, 0.1) is 13.7 Å². The minimum atomic E-state index is -0.230. The third kappa shape index (κ3) is 4.57. The minimum absolute atomic E-state index is 0. The molecule has 0 fully saturated rings. The Balaban J connectivity index is 0.00000242. The number of ether oxygens (including phenoxy) is 1. The zero-order chi connectivity index (χ0) is 15.2. The molecule has 22 heavy (non-hydrogen) atoms. The van der Waals surface area contributed by atoms with Crippen LogP contribution in [0.2, 0.25) is 0 Å². The van der Waals surface area contributed by atoms with E-state index in [2.05, 4.69) is 29.2 Å². The molecule has 0 radical (unpaired) electrons. The average molecular weight is 371 g/mol. The molecule has 0 aliphatic heterocycles. The van der Waals surface area contributed by atoms with Gasteiger partial charge in [-0.1, -0.05) is 13.3 Å². The Morgan fingerprint density at radius 3 is 2.73 bits per heavy atom. The third-order valence-corrected chi connectivity index (χ3v) is 3.84. The first-order chi connectivity index (χ1) is 10.2. The highest BCUT2D eigenvalue weighted by atomic mass is 79.9. The molecule has 1 aromatic carbocycles. The van der Waals surface area contributed by atoms with Crippen LogP contribution in [-0.4, -0.2) is 11.7 Å². The molecule has 122 valence electrons. The quantitative estimate of drug-likeness (QED) is 0.511. The van der Waals surface area contributed by atoms with Crippen molar-refractivity contribution in [1.29, 1.82) is 0 Å². The number of rotatable bonds is 7. The van der Waals surface area contributed by atoms with Crippen molar-refractivity contribution in [3.8, 4) is 5.75 Å². The van der Waals surface area contributed by atoms with Gasteiger partial charge in [0.25, 0.3) is 5.82 Å². The monoisotopic (exact) mass is 370 g/mol. The van der Waals surface area contributed by atoms with Crippen LogP contribution in [0.5, 0.6) is 5.75 Å². The van der Waals surface area contributed by atoms with E-state index >= 15 is 0 Å². The molecule has 3 nitrogen and oxygen atoms in total. The Morgan fingerprint density at radius 2 is 2.05 bits per heavy atom. The molecule has 1 aromatic heterocycles. The zero-order valence-corrected chi connectivity index (χ0v) is 15.1. The number of imidazole rings is 1. The van der Waals surface area contributed by atoms with Crippen LogP contribution < -0.4 is 26.3 Å². The van der Waals surface area contributed by atoms with Crippen molar-refractivity contribution in [2.45, 2.75) is 46.2 Å². The molecule has 0 saturated heterocycles. The Kier molecular flexibility index (Phi) is 7.59. The van der Waals surface area contributed by atoms with Crippen molar-refractivity contribution in [2.24, 2.45) is 0 Å². The summed E-state index contributed by atoms with van der Waals surface area (Å²) < 4.78 is 23.1. The fourth-order valence-electron chi connectivity index (χ4n) is 2.53. The van der Waals surface area contributed by atoms with Crippen molar-refractivity contribution >= 4 is 0 Å². The highest BCUT2D eigenvalue weighted by Crippen LogP contribution is 2.19. The van der Waals surface area contributed by atoms with Crippen LogP contribution in [0.3, 0.4) is 0 Å². The number of aromatic nitrogens is 2. The molecule has 0 aliphatic carbocycles. The van der Waals surface area contributed by atoms with Gasteiger partial charge in [-0.15, -0.1) is 0 Å². The molecule has 0 unspecified atom stereocenters. The maximum Gasteiger partial charge on any atom is 0.253 e. The minimum Gasteiger partial charge on any atom is -1.00 e. The lowest BCUT2D eigenvalue weighted by Crippen LogP contribution is -3.00. The van der Waals surface area contributed by atoms with Crippen LogP contribution >= 0.6 is 0 Å². The summed E-state index contributed by atoms with van der Waals surface area (Å²) in [5.41, 5.74) is 0.858. The van der Waals surface area contributed by atoms with Gasteiger partial charge in [-0.2, -0.15) is 0 Å². The van der Waals surface area contributed by atoms with E-state index in [4.69, 9.17) is 4.74 Å². The van der Waals surface area contributed by atoms with Crippen molar-refractivity contribution in [3.63, 3.8) is 0 Å². The molecule has 0 aliphatic rings. The van der Waals surface area contributed by atoms with Crippen molar-refractivity contribution in [2.75, 3.05) is 7.11 Å². The largest absolute Gasteiger partial charge is 1.00 e. The van der Waals surface area contributed by atoms with Gasteiger partial charge in [0.1, 0.15) is 30.5 Å². The molecular weight excluding hydrogens is 347 g/mol. The molecule has 2 rings (SSSR count). The lowest BCUT2D eigenvalue weighted by molar-refractivity contribution is -0.694. The number of unbranched alkanes of at least 4 members (excludes halogenated alkanes) is 2. The summed E-state index contributed by atoms with van der Waals surface area (Å²) in [6, 6.07) is 4.65. The topological polar surface area (TPSA) is 18.0 Å². The summed E-state index contributed by atoms with van der Waals surface area (Å²) in [6.45, 7) is 5.96. The molecule has 0 N–H and O–H groups in total. The van der Waals surface area contributed by atoms with Gasteiger partial charge < -0.3 is 21.7 Å². The van der Waals surface area contributed by atoms with Crippen LogP contribution in [0, 0.1) is 12.7 Å². The van der Waals surface area contributed by atoms with Crippen LogP contribution in [-0.2, 0) is 13.1 Å². The predicted octanol–water partition coefficient (Wildman–Crippen LogP) is 0.474. The maximum absolute atomic E-state index is 13.4. The summed E-state index contributed by atoms with van der Waals surface area (Å²) in [6.07, 6.45) is 7.80. The third-order valence-electron chi connectivity index (χ3n) is 3.84. The van der Waals surface area contributed by atoms with Crippen molar-refractivity contribution in [3.05, 3.63) is 47.8 Å². The summed E-state index contributed by atoms with van der Waals surface area (Å²) in [4.78, 5) is 0.